The van der Waals surface area contributed by atoms with Gasteiger partial charge >= 0.3 is 5.97 Å². The number of hydrogen-bond donors (Lipinski definition) is 2. The van der Waals surface area contributed by atoms with E-state index in [1.807, 2.05) is 36.4 Å². The van der Waals surface area contributed by atoms with E-state index < -0.39 is 17.8 Å². The molecule has 204 valence electrons. The number of rotatable bonds is 17. The number of benzene rings is 2. The lowest BCUT2D eigenvalue weighted by Gasteiger charge is -2.26. The number of hydrogen-bond acceptors (Lipinski definition) is 2. The molecule has 0 aliphatic rings. The van der Waals surface area contributed by atoms with E-state index in [-0.39, 0.29) is 17.7 Å². The second-order valence-electron chi connectivity index (χ2n) is 11.1. The summed E-state index contributed by atoms with van der Waals surface area (Å²) in [6, 6.07) is 15.6. The molecule has 0 fully saturated rings. The van der Waals surface area contributed by atoms with Crippen LogP contribution in [0.25, 0.3) is 0 Å². The lowest BCUT2D eigenvalue weighted by Crippen LogP contribution is -2.33. The summed E-state index contributed by atoms with van der Waals surface area (Å²) in [5.74, 6) is -2.16. The number of aliphatic carboxylic acids is 1. The number of unbranched alkanes of at least 4 members (excludes halogenated alkanes) is 8. The van der Waals surface area contributed by atoms with Crippen molar-refractivity contribution >= 4 is 17.6 Å². The summed E-state index contributed by atoms with van der Waals surface area (Å²) >= 11 is 0. The summed E-state index contributed by atoms with van der Waals surface area (Å²) in [5.41, 5.74) is 3.76. The zero-order chi connectivity index (χ0) is 27.2. The normalized spacial score (nSPS) is 13.1. The molecule has 0 saturated heterocycles. The fourth-order valence-electron chi connectivity index (χ4n) is 5.23. The van der Waals surface area contributed by atoms with E-state index in [1.54, 1.807) is 0 Å². The maximum absolute atomic E-state index is 13.9. The zero-order valence-corrected chi connectivity index (χ0v) is 23.8. The van der Waals surface area contributed by atoms with Crippen molar-refractivity contribution in [3.8, 4) is 0 Å². The monoisotopic (exact) mass is 507 g/mol. The molecule has 0 heterocycles. The number of carboxylic acid groups (broad SMARTS) is 1. The Morgan fingerprint density at radius 3 is 1.73 bits per heavy atom. The molecule has 0 saturated carbocycles. The number of para-hydroxylation sites is 1. The van der Waals surface area contributed by atoms with Crippen LogP contribution < -0.4 is 5.32 Å². The van der Waals surface area contributed by atoms with Crippen LogP contribution in [0.15, 0.2) is 48.5 Å². The summed E-state index contributed by atoms with van der Waals surface area (Å²) in [4.78, 5) is 26.4. The fraction of sp³-hybridized carbons (Fsp3) is 0.576. The first kappa shape index (κ1) is 30.6. The van der Waals surface area contributed by atoms with Gasteiger partial charge in [0, 0.05) is 5.69 Å². The van der Waals surface area contributed by atoms with Gasteiger partial charge in [0.05, 0.1) is 11.8 Å². The van der Waals surface area contributed by atoms with Crippen LogP contribution in [0.3, 0.4) is 0 Å². The molecule has 0 spiro atoms. The van der Waals surface area contributed by atoms with Crippen LogP contribution in [-0.4, -0.2) is 17.0 Å². The first-order valence-corrected chi connectivity index (χ1v) is 14.5. The second kappa shape index (κ2) is 16.3. The van der Waals surface area contributed by atoms with E-state index in [9.17, 15) is 14.7 Å². The predicted octanol–water partition coefficient (Wildman–Crippen LogP) is 9.28. The van der Waals surface area contributed by atoms with Crippen LogP contribution in [0.1, 0.15) is 133 Å². The quantitative estimate of drug-likeness (QED) is 0.210. The SMILES string of the molecule is CCCCCCCCCCCC(C(=O)O)C(C(=O)Nc1c(C(C)C)cccc1C(C)C)c1ccccc1. The lowest BCUT2D eigenvalue weighted by atomic mass is 9.81. The van der Waals surface area contributed by atoms with Crippen LogP contribution in [0, 0.1) is 5.92 Å². The van der Waals surface area contributed by atoms with Crippen molar-refractivity contribution < 1.29 is 14.7 Å². The van der Waals surface area contributed by atoms with Crippen LogP contribution >= 0.6 is 0 Å². The number of amides is 1. The van der Waals surface area contributed by atoms with Gasteiger partial charge in [-0.15, -0.1) is 0 Å². The topological polar surface area (TPSA) is 66.4 Å². The van der Waals surface area contributed by atoms with Gasteiger partial charge in [-0.2, -0.15) is 0 Å². The Kier molecular flexibility index (Phi) is 13.5. The van der Waals surface area contributed by atoms with E-state index in [4.69, 9.17) is 0 Å². The lowest BCUT2D eigenvalue weighted by molar-refractivity contribution is -0.144. The molecule has 0 aliphatic heterocycles. The second-order valence-corrected chi connectivity index (χ2v) is 11.1. The van der Waals surface area contributed by atoms with Gasteiger partial charge in [0.15, 0.2) is 0 Å². The van der Waals surface area contributed by atoms with Crippen LogP contribution in [-0.2, 0) is 9.59 Å². The minimum atomic E-state index is -0.898. The molecule has 0 radical (unpaired) electrons. The molecule has 4 nitrogen and oxygen atoms in total. The smallest absolute Gasteiger partial charge is 0.307 e. The van der Waals surface area contributed by atoms with Gasteiger partial charge in [-0.3, -0.25) is 9.59 Å². The van der Waals surface area contributed by atoms with E-state index in [2.05, 4.69) is 52.1 Å². The molecule has 0 bridgehead atoms. The van der Waals surface area contributed by atoms with Gasteiger partial charge in [-0.05, 0) is 34.9 Å². The Hall–Kier alpha value is -2.62. The Morgan fingerprint density at radius 2 is 1.24 bits per heavy atom. The third-order valence-electron chi connectivity index (χ3n) is 7.40. The molecule has 2 unspecified atom stereocenters. The summed E-state index contributed by atoms with van der Waals surface area (Å²) in [6.07, 6.45) is 11.1. The Balaban J connectivity index is 2.20. The van der Waals surface area contributed by atoms with E-state index in [0.717, 1.165) is 41.6 Å². The largest absolute Gasteiger partial charge is 0.481 e. The summed E-state index contributed by atoms with van der Waals surface area (Å²) in [7, 11) is 0. The van der Waals surface area contributed by atoms with Gasteiger partial charge in [-0.25, -0.2) is 0 Å². The first-order chi connectivity index (χ1) is 17.8. The van der Waals surface area contributed by atoms with Crippen molar-refractivity contribution in [1.82, 2.24) is 0 Å². The van der Waals surface area contributed by atoms with Crippen molar-refractivity contribution in [2.24, 2.45) is 5.92 Å². The summed E-state index contributed by atoms with van der Waals surface area (Å²) < 4.78 is 0. The number of carbonyl (C=O) groups excluding carboxylic acids is 1. The van der Waals surface area contributed by atoms with Crippen molar-refractivity contribution in [1.29, 1.82) is 0 Å². The molecule has 0 aromatic heterocycles. The van der Waals surface area contributed by atoms with Crippen molar-refractivity contribution in [2.75, 3.05) is 5.32 Å². The van der Waals surface area contributed by atoms with Crippen molar-refractivity contribution in [3.05, 3.63) is 65.2 Å². The standard InChI is InChI=1S/C33H49NO3/c1-6-7-8-9-10-11-12-13-17-21-29(33(36)37)30(26-19-15-14-16-20-26)32(35)34-31-27(24(2)3)22-18-23-28(31)25(4)5/h14-16,18-20,22-25,29-30H,6-13,17,21H2,1-5H3,(H,34,35)(H,36,37). The highest BCUT2D eigenvalue weighted by molar-refractivity contribution is 5.99. The highest BCUT2D eigenvalue weighted by Gasteiger charge is 2.35. The third-order valence-corrected chi connectivity index (χ3v) is 7.40. The molecule has 2 aromatic carbocycles. The minimum Gasteiger partial charge on any atom is -0.481 e. The molecule has 4 heteroatoms. The maximum atomic E-state index is 13.9. The van der Waals surface area contributed by atoms with E-state index in [0.29, 0.717) is 6.42 Å². The number of carbonyl (C=O) groups is 2. The van der Waals surface area contributed by atoms with Gasteiger partial charge in [0.1, 0.15) is 0 Å². The van der Waals surface area contributed by atoms with Crippen molar-refractivity contribution in [2.45, 2.75) is 117 Å². The highest BCUT2D eigenvalue weighted by atomic mass is 16.4. The third kappa shape index (κ3) is 9.64. The maximum Gasteiger partial charge on any atom is 0.307 e. The van der Waals surface area contributed by atoms with Gasteiger partial charge in [0.25, 0.3) is 0 Å². The Morgan fingerprint density at radius 1 is 0.730 bits per heavy atom. The molecule has 0 aliphatic carbocycles. The molecular weight excluding hydrogens is 458 g/mol. The van der Waals surface area contributed by atoms with Gasteiger partial charge < -0.3 is 10.4 Å². The molecule has 1 amide bonds. The average Bonchev–Trinajstić information content (AvgIpc) is 2.87. The molecule has 2 N–H and O–H groups in total. The number of carboxylic acids is 1. The van der Waals surface area contributed by atoms with Crippen LogP contribution in [0.4, 0.5) is 5.69 Å². The Bertz CT molecular complexity index is 925. The average molecular weight is 508 g/mol. The predicted molar refractivity (Wildman–Crippen MR) is 155 cm³/mol. The minimum absolute atomic E-state index is 0.232. The van der Waals surface area contributed by atoms with Gasteiger partial charge in [-0.1, -0.05) is 141 Å². The van der Waals surface area contributed by atoms with Crippen molar-refractivity contribution in [3.63, 3.8) is 0 Å². The molecule has 2 atom stereocenters. The fourth-order valence-corrected chi connectivity index (χ4v) is 5.23. The molecule has 37 heavy (non-hydrogen) atoms. The Labute approximate surface area is 225 Å². The molecule has 2 rings (SSSR count). The zero-order valence-electron chi connectivity index (χ0n) is 23.8. The summed E-state index contributed by atoms with van der Waals surface area (Å²) in [6.45, 7) is 10.7. The van der Waals surface area contributed by atoms with Gasteiger partial charge in [0.2, 0.25) is 5.91 Å². The highest BCUT2D eigenvalue weighted by Crippen LogP contribution is 2.36. The van der Waals surface area contributed by atoms with E-state index >= 15 is 0 Å². The summed E-state index contributed by atoms with van der Waals surface area (Å²) in [5, 5.41) is 13.5. The first-order valence-electron chi connectivity index (χ1n) is 14.5. The molecular formula is C33H49NO3. The number of anilines is 1. The van der Waals surface area contributed by atoms with E-state index in [1.165, 1.54) is 38.5 Å². The van der Waals surface area contributed by atoms with Crippen LogP contribution in [0.2, 0.25) is 0 Å². The molecule has 2 aromatic rings. The van der Waals surface area contributed by atoms with Crippen LogP contribution in [0.5, 0.6) is 0 Å². The number of nitrogens with one attached hydrogen (secondary N) is 1.